The third kappa shape index (κ3) is 6.45. The van der Waals surface area contributed by atoms with E-state index >= 15 is 0 Å². The Kier molecular flexibility index (Phi) is 9.18. The normalized spacial score (nSPS) is 12.1. The highest BCUT2D eigenvalue weighted by Crippen LogP contribution is 2.28. The van der Waals surface area contributed by atoms with Crippen LogP contribution in [-0.4, -0.2) is 41.2 Å². The molecule has 0 spiro atoms. The monoisotopic (exact) mass is 358 g/mol. The van der Waals surface area contributed by atoms with E-state index in [1.165, 1.54) is 16.7 Å². The summed E-state index contributed by atoms with van der Waals surface area (Å²) in [5, 5.41) is 0. The average molecular weight is 358 g/mol. The topological polar surface area (TPSA) is 36.9 Å². The molecule has 2 aromatic carbocycles. The molecule has 26 heavy (non-hydrogen) atoms. The molecule has 1 unspecified atom stereocenters. The van der Waals surface area contributed by atoms with Crippen LogP contribution in [-0.2, 0) is 27.2 Å². The average Bonchev–Trinajstić information content (AvgIpc) is 2.68. The Labute approximate surface area is 157 Å². The van der Waals surface area contributed by atoms with Crippen molar-refractivity contribution in [3.8, 4) is 5.75 Å². The second-order valence-electron chi connectivity index (χ2n) is 6.27. The Morgan fingerprint density at radius 1 is 0.808 bits per heavy atom. The molecular formula is C22H30O4. The molecule has 0 aliphatic heterocycles. The van der Waals surface area contributed by atoms with Crippen molar-refractivity contribution < 1.29 is 18.9 Å². The minimum Gasteiger partial charge on any atom is -0.497 e. The fourth-order valence-corrected chi connectivity index (χ4v) is 3.10. The molecular weight excluding hydrogens is 328 g/mol. The van der Waals surface area contributed by atoms with Crippen LogP contribution in [0.1, 0.15) is 29.0 Å². The van der Waals surface area contributed by atoms with Gasteiger partial charge in [-0.15, -0.1) is 0 Å². The van der Waals surface area contributed by atoms with Crippen LogP contribution in [0.5, 0.6) is 5.75 Å². The van der Waals surface area contributed by atoms with Crippen LogP contribution in [0.3, 0.4) is 0 Å². The summed E-state index contributed by atoms with van der Waals surface area (Å²) in [7, 11) is 5.12. The third-order valence-corrected chi connectivity index (χ3v) is 4.48. The lowest BCUT2D eigenvalue weighted by molar-refractivity contribution is 0.0669. The van der Waals surface area contributed by atoms with E-state index in [0.29, 0.717) is 32.3 Å². The summed E-state index contributed by atoms with van der Waals surface area (Å²) in [5.74, 6) is 1.25. The minimum atomic E-state index is 0.372. The van der Waals surface area contributed by atoms with Crippen LogP contribution in [0.25, 0.3) is 0 Å². The molecule has 2 rings (SSSR count). The van der Waals surface area contributed by atoms with Gasteiger partial charge >= 0.3 is 0 Å². The highest BCUT2D eigenvalue weighted by atomic mass is 16.5. The van der Waals surface area contributed by atoms with Crippen molar-refractivity contribution in [1.82, 2.24) is 0 Å². The van der Waals surface area contributed by atoms with Crippen LogP contribution in [0.2, 0.25) is 0 Å². The van der Waals surface area contributed by atoms with Crippen molar-refractivity contribution in [3.63, 3.8) is 0 Å². The van der Waals surface area contributed by atoms with Gasteiger partial charge in [0.05, 0.1) is 26.9 Å². The van der Waals surface area contributed by atoms with Crippen molar-refractivity contribution in [1.29, 1.82) is 0 Å². The van der Waals surface area contributed by atoms with Gasteiger partial charge in [0.2, 0.25) is 0 Å². The van der Waals surface area contributed by atoms with Crippen LogP contribution in [0, 0.1) is 0 Å². The van der Waals surface area contributed by atoms with Gasteiger partial charge in [-0.1, -0.05) is 36.4 Å². The Balaban J connectivity index is 2.12. The number of hydrogen-bond acceptors (Lipinski definition) is 4. The van der Waals surface area contributed by atoms with E-state index in [9.17, 15) is 0 Å². The molecule has 0 heterocycles. The fourth-order valence-electron chi connectivity index (χ4n) is 3.10. The summed E-state index contributed by atoms with van der Waals surface area (Å²) in [4.78, 5) is 0. The zero-order valence-corrected chi connectivity index (χ0v) is 16.1. The molecule has 0 fully saturated rings. The lowest BCUT2D eigenvalue weighted by atomic mass is 9.86. The Hall–Kier alpha value is -1.88. The first kappa shape index (κ1) is 20.4. The second-order valence-corrected chi connectivity index (χ2v) is 6.27. The molecule has 1 atom stereocenters. The first-order valence-corrected chi connectivity index (χ1v) is 9.04. The summed E-state index contributed by atoms with van der Waals surface area (Å²) in [6.45, 7) is 2.60. The number of rotatable bonds is 12. The Morgan fingerprint density at radius 2 is 1.58 bits per heavy atom. The van der Waals surface area contributed by atoms with Crippen molar-refractivity contribution >= 4 is 0 Å². The lowest BCUT2D eigenvalue weighted by Gasteiger charge is -2.21. The molecule has 4 heteroatoms. The van der Waals surface area contributed by atoms with Gasteiger partial charge < -0.3 is 18.9 Å². The van der Waals surface area contributed by atoms with Crippen molar-refractivity contribution in [2.24, 2.45) is 0 Å². The highest BCUT2D eigenvalue weighted by Gasteiger charge is 2.16. The van der Waals surface area contributed by atoms with Gasteiger partial charge in [0, 0.05) is 20.8 Å². The second kappa shape index (κ2) is 11.7. The Bertz CT molecular complexity index is 624. The molecule has 0 radical (unpaired) electrons. The van der Waals surface area contributed by atoms with Crippen LogP contribution in [0.15, 0.2) is 48.5 Å². The first-order chi connectivity index (χ1) is 12.8. The van der Waals surface area contributed by atoms with Gasteiger partial charge in [-0.05, 0) is 47.6 Å². The van der Waals surface area contributed by atoms with Gasteiger partial charge in [0.1, 0.15) is 5.75 Å². The van der Waals surface area contributed by atoms with E-state index < -0.39 is 0 Å². The molecule has 2 aromatic rings. The van der Waals surface area contributed by atoms with Gasteiger partial charge in [-0.3, -0.25) is 0 Å². The molecule has 0 saturated heterocycles. The van der Waals surface area contributed by atoms with E-state index in [0.717, 1.165) is 18.6 Å². The number of benzene rings is 2. The van der Waals surface area contributed by atoms with Crippen LogP contribution in [0.4, 0.5) is 0 Å². The minimum absolute atomic E-state index is 0.372. The van der Waals surface area contributed by atoms with Crippen LogP contribution < -0.4 is 4.74 Å². The zero-order chi connectivity index (χ0) is 18.6. The molecule has 0 saturated carbocycles. The summed E-state index contributed by atoms with van der Waals surface area (Å²) in [6, 6.07) is 16.8. The van der Waals surface area contributed by atoms with Crippen molar-refractivity contribution in [2.75, 3.05) is 41.2 Å². The Morgan fingerprint density at radius 3 is 2.27 bits per heavy atom. The molecule has 0 N–H and O–H groups in total. The van der Waals surface area contributed by atoms with E-state index in [-0.39, 0.29) is 0 Å². The molecule has 0 amide bonds. The smallest absolute Gasteiger partial charge is 0.118 e. The summed E-state index contributed by atoms with van der Waals surface area (Å²) in [5.41, 5.74) is 3.87. The molecule has 4 nitrogen and oxygen atoms in total. The first-order valence-electron chi connectivity index (χ1n) is 9.04. The summed E-state index contributed by atoms with van der Waals surface area (Å²) < 4.78 is 21.4. The van der Waals surface area contributed by atoms with Gasteiger partial charge in [0.15, 0.2) is 0 Å². The summed E-state index contributed by atoms with van der Waals surface area (Å²) >= 11 is 0. The van der Waals surface area contributed by atoms with Crippen molar-refractivity contribution in [3.05, 3.63) is 65.2 Å². The SMILES string of the molecule is COCCOCCC(Cc1ccc(OC)cc1)c1ccccc1COC. The van der Waals surface area contributed by atoms with Gasteiger partial charge in [-0.25, -0.2) is 0 Å². The van der Waals surface area contributed by atoms with E-state index in [1.807, 2.05) is 12.1 Å². The number of hydrogen-bond donors (Lipinski definition) is 0. The lowest BCUT2D eigenvalue weighted by Crippen LogP contribution is -2.11. The van der Waals surface area contributed by atoms with Crippen molar-refractivity contribution in [2.45, 2.75) is 25.4 Å². The molecule has 0 aliphatic carbocycles. The van der Waals surface area contributed by atoms with Crippen LogP contribution >= 0.6 is 0 Å². The molecule has 0 bridgehead atoms. The molecule has 142 valence electrons. The quantitative estimate of drug-likeness (QED) is 0.532. The fraction of sp³-hybridized carbons (Fsp3) is 0.455. The standard InChI is InChI=1S/C22H30O4/c1-23-14-15-26-13-12-19(16-18-8-10-21(25-3)11-9-18)22-7-5-4-6-20(22)17-24-2/h4-11,19H,12-17H2,1-3H3. The number of methoxy groups -OCH3 is 3. The third-order valence-electron chi connectivity index (χ3n) is 4.48. The highest BCUT2D eigenvalue weighted by molar-refractivity contribution is 5.33. The van der Waals surface area contributed by atoms with Gasteiger partial charge in [0.25, 0.3) is 0 Å². The maximum absolute atomic E-state index is 5.72. The van der Waals surface area contributed by atoms with E-state index in [2.05, 4.69) is 36.4 Å². The van der Waals surface area contributed by atoms with E-state index in [1.54, 1.807) is 21.3 Å². The maximum Gasteiger partial charge on any atom is 0.118 e. The predicted molar refractivity (Wildman–Crippen MR) is 104 cm³/mol. The predicted octanol–water partition coefficient (Wildman–Crippen LogP) is 4.22. The maximum atomic E-state index is 5.72. The number of ether oxygens (including phenoxy) is 4. The molecule has 0 aliphatic rings. The zero-order valence-electron chi connectivity index (χ0n) is 16.1. The molecule has 0 aromatic heterocycles. The largest absolute Gasteiger partial charge is 0.497 e. The van der Waals surface area contributed by atoms with Gasteiger partial charge in [-0.2, -0.15) is 0 Å². The summed E-state index contributed by atoms with van der Waals surface area (Å²) in [6.07, 6.45) is 1.91. The van der Waals surface area contributed by atoms with E-state index in [4.69, 9.17) is 18.9 Å².